The van der Waals surface area contributed by atoms with Crippen LogP contribution >= 0.6 is 0 Å². The van der Waals surface area contributed by atoms with E-state index in [1.165, 1.54) is 17.4 Å². The predicted molar refractivity (Wildman–Crippen MR) is 175 cm³/mol. The SMILES string of the molecule is Cc1cc(-c2c(-c3ccco3)nn(CC(=O)N[C@H](C)CCc3ccccc3)c(=O)c2CC(=O)N[C@H](C)CCc2ccccc2)on1. The van der Waals surface area contributed by atoms with E-state index in [2.05, 4.69) is 33.0 Å². The summed E-state index contributed by atoms with van der Waals surface area (Å²) in [6, 6.07) is 24.9. The maximum absolute atomic E-state index is 14.0. The van der Waals surface area contributed by atoms with Crippen molar-refractivity contribution in [1.29, 1.82) is 0 Å². The Hall–Kier alpha value is -5.25. The van der Waals surface area contributed by atoms with E-state index in [9.17, 15) is 14.4 Å². The zero-order valence-electron chi connectivity index (χ0n) is 26.4. The van der Waals surface area contributed by atoms with Crippen LogP contribution in [0.3, 0.4) is 0 Å². The van der Waals surface area contributed by atoms with Crippen molar-refractivity contribution in [2.24, 2.45) is 0 Å². The zero-order valence-corrected chi connectivity index (χ0v) is 26.4. The van der Waals surface area contributed by atoms with Gasteiger partial charge < -0.3 is 19.6 Å². The fraction of sp³-hybridized carbons (Fsp3) is 0.306. The molecular formula is C36H39N5O5. The van der Waals surface area contributed by atoms with E-state index in [1.807, 2.05) is 62.4 Å². The molecule has 5 aromatic rings. The van der Waals surface area contributed by atoms with Crippen LogP contribution < -0.4 is 16.2 Å². The van der Waals surface area contributed by atoms with Crippen molar-refractivity contribution in [3.05, 3.63) is 118 Å². The Bertz CT molecular complexity index is 1800. The Morgan fingerprint density at radius 2 is 1.43 bits per heavy atom. The van der Waals surface area contributed by atoms with Gasteiger partial charge in [0, 0.05) is 23.7 Å². The van der Waals surface area contributed by atoms with Gasteiger partial charge in [-0.05, 0) is 69.7 Å². The maximum atomic E-state index is 14.0. The van der Waals surface area contributed by atoms with Gasteiger partial charge in [0.25, 0.3) is 5.56 Å². The minimum absolute atomic E-state index is 0.132. The fourth-order valence-electron chi connectivity index (χ4n) is 5.37. The van der Waals surface area contributed by atoms with Gasteiger partial charge in [-0.2, -0.15) is 5.10 Å². The quantitative estimate of drug-likeness (QED) is 0.172. The highest BCUT2D eigenvalue weighted by molar-refractivity contribution is 5.85. The highest BCUT2D eigenvalue weighted by Gasteiger charge is 2.27. The van der Waals surface area contributed by atoms with Crippen LogP contribution in [0.25, 0.3) is 22.8 Å². The number of nitrogens with one attached hydrogen (secondary N) is 2. The average molecular weight is 622 g/mol. The van der Waals surface area contributed by atoms with E-state index in [0.29, 0.717) is 17.0 Å². The molecule has 0 aliphatic rings. The number of nitrogens with zero attached hydrogens (tertiary/aromatic N) is 3. The second kappa shape index (κ2) is 15.2. The van der Waals surface area contributed by atoms with Crippen molar-refractivity contribution in [3.63, 3.8) is 0 Å². The molecule has 2 amide bonds. The van der Waals surface area contributed by atoms with Gasteiger partial charge in [0.2, 0.25) is 11.8 Å². The Kier molecular flexibility index (Phi) is 10.6. The molecule has 0 saturated heterocycles. The maximum Gasteiger partial charge on any atom is 0.271 e. The zero-order chi connectivity index (χ0) is 32.5. The standard InChI is InChI=1S/C36H39N5O5/c1-24(16-18-27-11-6-4-7-12-27)37-32(42)22-29-34(31-21-26(3)40-46-31)35(30-15-10-20-45-30)39-41(36(29)44)23-33(43)38-25(2)17-19-28-13-8-5-9-14-28/h4-15,20-21,24-25H,16-19,22-23H2,1-3H3,(H,37,42)(H,38,43)/t24-,25-/m1/s1. The second-order valence-corrected chi connectivity index (χ2v) is 11.6. The number of rotatable bonds is 14. The summed E-state index contributed by atoms with van der Waals surface area (Å²) in [4.78, 5) is 40.6. The molecule has 0 saturated carbocycles. The largest absolute Gasteiger partial charge is 0.463 e. The number of benzene rings is 2. The third-order valence-corrected chi connectivity index (χ3v) is 7.74. The van der Waals surface area contributed by atoms with Crippen LogP contribution in [0.5, 0.6) is 0 Å². The van der Waals surface area contributed by atoms with Gasteiger partial charge >= 0.3 is 0 Å². The molecule has 10 nitrogen and oxygen atoms in total. The van der Waals surface area contributed by atoms with Crippen LogP contribution in [0.1, 0.15) is 49.1 Å². The normalized spacial score (nSPS) is 12.4. The average Bonchev–Trinajstić information content (AvgIpc) is 3.74. The molecule has 0 fully saturated rings. The number of hydrogen-bond donors (Lipinski definition) is 2. The summed E-state index contributed by atoms with van der Waals surface area (Å²) < 4.78 is 12.4. The van der Waals surface area contributed by atoms with Crippen molar-refractivity contribution < 1.29 is 18.5 Å². The van der Waals surface area contributed by atoms with E-state index in [1.54, 1.807) is 25.1 Å². The van der Waals surface area contributed by atoms with Crippen molar-refractivity contribution in [1.82, 2.24) is 25.6 Å². The number of aryl methyl sites for hydroxylation is 3. The molecule has 2 aromatic carbocycles. The first-order valence-electron chi connectivity index (χ1n) is 15.5. The lowest BCUT2D eigenvalue weighted by atomic mass is 10.00. The minimum Gasteiger partial charge on any atom is -0.463 e. The Morgan fingerprint density at radius 3 is 1.98 bits per heavy atom. The molecule has 238 valence electrons. The van der Waals surface area contributed by atoms with Crippen molar-refractivity contribution in [3.8, 4) is 22.8 Å². The monoisotopic (exact) mass is 621 g/mol. The number of carbonyl (C=O) groups excluding carboxylic acids is 2. The summed E-state index contributed by atoms with van der Waals surface area (Å²) in [7, 11) is 0. The molecule has 0 aliphatic carbocycles. The molecule has 5 rings (SSSR count). The summed E-state index contributed by atoms with van der Waals surface area (Å²) in [5, 5.41) is 14.6. The third-order valence-electron chi connectivity index (χ3n) is 7.74. The lowest BCUT2D eigenvalue weighted by molar-refractivity contribution is -0.122. The first-order valence-corrected chi connectivity index (χ1v) is 15.5. The summed E-state index contributed by atoms with van der Waals surface area (Å²) in [5.41, 5.74) is 3.10. The minimum atomic E-state index is -0.571. The van der Waals surface area contributed by atoms with Crippen LogP contribution in [0.4, 0.5) is 0 Å². The Balaban J connectivity index is 1.40. The van der Waals surface area contributed by atoms with Gasteiger partial charge in [0.05, 0.1) is 23.9 Å². The third kappa shape index (κ3) is 8.47. The van der Waals surface area contributed by atoms with Gasteiger partial charge in [-0.25, -0.2) is 4.68 Å². The Labute approximate surface area is 267 Å². The first-order chi connectivity index (χ1) is 22.3. The molecule has 0 aliphatic heterocycles. The summed E-state index contributed by atoms with van der Waals surface area (Å²) in [6.45, 7) is 5.29. The number of aromatic nitrogens is 3. The molecule has 0 unspecified atom stereocenters. The number of carbonyl (C=O) groups is 2. The topological polar surface area (TPSA) is 132 Å². The van der Waals surface area contributed by atoms with Crippen LogP contribution in [-0.4, -0.2) is 38.8 Å². The highest BCUT2D eigenvalue weighted by Crippen LogP contribution is 2.33. The Morgan fingerprint density at radius 1 is 0.826 bits per heavy atom. The van der Waals surface area contributed by atoms with Crippen molar-refractivity contribution >= 4 is 11.8 Å². The van der Waals surface area contributed by atoms with Gasteiger partial charge in [-0.1, -0.05) is 65.8 Å². The van der Waals surface area contributed by atoms with Gasteiger partial charge in [-0.3, -0.25) is 14.4 Å². The highest BCUT2D eigenvalue weighted by atomic mass is 16.5. The van der Waals surface area contributed by atoms with Crippen LogP contribution in [-0.2, 0) is 35.4 Å². The summed E-state index contributed by atoms with van der Waals surface area (Å²) in [6.07, 6.45) is 4.29. The molecule has 10 heteroatoms. The molecule has 3 aromatic heterocycles. The predicted octanol–water partition coefficient (Wildman–Crippen LogP) is 5.28. The van der Waals surface area contributed by atoms with E-state index in [4.69, 9.17) is 8.94 Å². The van der Waals surface area contributed by atoms with Crippen LogP contribution in [0.2, 0.25) is 0 Å². The van der Waals surface area contributed by atoms with E-state index in [0.717, 1.165) is 30.4 Å². The van der Waals surface area contributed by atoms with Crippen LogP contribution in [0.15, 0.2) is 98.9 Å². The smallest absolute Gasteiger partial charge is 0.271 e. The summed E-state index contributed by atoms with van der Waals surface area (Å²) >= 11 is 0. The lowest BCUT2D eigenvalue weighted by Crippen LogP contribution is -2.40. The molecular weight excluding hydrogens is 582 g/mol. The molecule has 46 heavy (non-hydrogen) atoms. The van der Waals surface area contributed by atoms with Crippen LogP contribution in [0, 0.1) is 6.92 Å². The molecule has 2 atom stereocenters. The van der Waals surface area contributed by atoms with Crippen molar-refractivity contribution in [2.75, 3.05) is 0 Å². The molecule has 3 heterocycles. The van der Waals surface area contributed by atoms with E-state index in [-0.39, 0.29) is 53.9 Å². The van der Waals surface area contributed by atoms with Crippen molar-refractivity contribution in [2.45, 2.75) is 71.5 Å². The number of furan rings is 1. The van der Waals surface area contributed by atoms with Gasteiger partial charge in [-0.15, -0.1) is 0 Å². The number of hydrogen-bond acceptors (Lipinski definition) is 7. The second-order valence-electron chi connectivity index (χ2n) is 11.6. The molecule has 0 spiro atoms. The van der Waals surface area contributed by atoms with E-state index < -0.39 is 5.56 Å². The molecule has 0 bridgehead atoms. The van der Waals surface area contributed by atoms with Gasteiger partial charge in [0.1, 0.15) is 12.2 Å². The first kappa shape index (κ1) is 32.2. The van der Waals surface area contributed by atoms with Gasteiger partial charge in [0.15, 0.2) is 11.5 Å². The fourth-order valence-corrected chi connectivity index (χ4v) is 5.37. The summed E-state index contributed by atoms with van der Waals surface area (Å²) in [5.74, 6) is -0.0714. The van der Waals surface area contributed by atoms with E-state index >= 15 is 0 Å². The molecule has 0 radical (unpaired) electrons. The number of amides is 2. The molecule has 2 N–H and O–H groups in total. The lowest BCUT2D eigenvalue weighted by Gasteiger charge is -2.18.